The summed E-state index contributed by atoms with van der Waals surface area (Å²) >= 11 is 0. The Morgan fingerprint density at radius 3 is 2.54 bits per heavy atom. The summed E-state index contributed by atoms with van der Waals surface area (Å²) in [5.41, 5.74) is 0.190. The number of likely N-dealkylation sites (tertiary alicyclic amines) is 1. The molecule has 1 saturated heterocycles. The predicted octanol–water partition coefficient (Wildman–Crippen LogP) is 1.08. The lowest BCUT2D eigenvalue weighted by molar-refractivity contribution is -0.301. The van der Waals surface area contributed by atoms with Gasteiger partial charge < -0.3 is 29.4 Å². The second-order valence-corrected chi connectivity index (χ2v) is 8.14. The van der Waals surface area contributed by atoms with Gasteiger partial charge in [0.1, 0.15) is 5.97 Å². The van der Waals surface area contributed by atoms with Crippen LogP contribution in [0.1, 0.15) is 51.0 Å². The summed E-state index contributed by atoms with van der Waals surface area (Å²) in [6, 6.07) is 5.61. The van der Waals surface area contributed by atoms with E-state index in [0.717, 1.165) is 31.2 Å². The van der Waals surface area contributed by atoms with E-state index in [9.17, 15) is 19.8 Å². The van der Waals surface area contributed by atoms with Gasteiger partial charge in [0, 0.05) is 24.4 Å². The molecule has 0 radical (unpaired) electrons. The molecule has 154 valence electrons. The number of aliphatic carboxylic acids is 1. The number of hydrogen-bond acceptors (Lipinski definition) is 6. The molecule has 2 fully saturated rings. The normalized spacial score (nSPS) is 26.3. The molecule has 1 aromatic rings. The summed E-state index contributed by atoms with van der Waals surface area (Å²) in [6.07, 6.45) is 3.74. The number of aliphatic hydroxyl groups is 1. The highest BCUT2D eigenvalue weighted by molar-refractivity contribution is 6.30. The summed E-state index contributed by atoms with van der Waals surface area (Å²) < 4.78 is 11.6. The van der Waals surface area contributed by atoms with Crippen molar-refractivity contribution in [2.45, 2.75) is 57.7 Å². The largest absolute Gasteiger partial charge is 0.540 e. The van der Waals surface area contributed by atoms with E-state index in [1.165, 1.54) is 4.90 Å². The van der Waals surface area contributed by atoms with Crippen molar-refractivity contribution in [2.24, 2.45) is 5.41 Å². The highest BCUT2D eigenvalue weighted by atomic mass is 16.5. The summed E-state index contributed by atoms with van der Waals surface area (Å²) in [4.78, 5) is 24.3. The first-order chi connectivity index (χ1) is 13.3. The van der Waals surface area contributed by atoms with Gasteiger partial charge in [0.05, 0.1) is 19.3 Å². The summed E-state index contributed by atoms with van der Waals surface area (Å²) in [7, 11) is 1.59. The number of carbonyl (C=O) groups is 2. The molecule has 3 atom stereocenters. The van der Waals surface area contributed by atoms with Gasteiger partial charge in [0.15, 0.2) is 11.5 Å². The van der Waals surface area contributed by atoms with Gasteiger partial charge in [-0.25, -0.2) is 0 Å². The number of ether oxygens (including phenoxy) is 2. The second kappa shape index (κ2) is 7.99. The number of rotatable bonds is 5. The molecule has 7 heteroatoms. The van der Waals surface area contributed by atoms with E-state index in [0.29, 0.717) is 11.5 Å². The van der Waals surface area contributed by atoms with E-state index in [1.807, 2.05) is 25.1 Å². The smallest absolute Gasteiger partial charge is 0.269 e. The molecule has 1 aliphatic heterocycles. The molecule has 7 nitrogen and oxygen atoms in total. The number of carboxylic acid groups (broad SMARTS) is 1. The van der Waals surface area contributed by atoms with Crippen LogP contribution < -0.4 is 14.6 Å². The lowest BCUT2D eigenvalue weighted by Crippen LogP contribution is -2.44. The van der Waals surface area contributed by atoms with Crippen LogP contribution in [-0.4, -0.2) is 54.3 Å². The fourth-order valence-electron chi connectivity index (χ4n) is 4.40. The molecule has 3 unspecified atom stereocenters. The summed E-state index contributed by atoms with van der Waals surface area (Å²) in [5.74, 6) is -1.74. The first-order valence-corrected chi connectivity index (χ1v) is 9.79. The van der Waals surface area contributed by atoms with Crippen LogP contribution in [0.2, 0.25) is 0 Å². The zero-order valence-electron chi connectivity index (χ0n) is 16.6. The lowest BCUT2D eigenvalue weighted by atomic mass is 9.72. The molecule has 1 amide bonds. The van der Waals surface area contributed by atoms with Crippen LogP contribution in [0.3, 0.4) is 0 Å². The molecule has 2 aliphatic rings. The fourth-order valence-corrected chi connectivity index (χ4v) is 4.40. The van der Waals surface area contributed by atoms with Crippen LogP contribution in [0, 0.1) is 5.41 Å². The van der Waals surface area contributed by atoms with Crippen LogP contribution in [-0.2, 0) is 9.59 Å². The third-order valence-corrected chi connectivity index (χ3v) is 6.33. The number of amides is 1. The van der Waals surface area contributed by atoms with Gasteiger partial charge in [-0.2, -0.15) is 0 Å². The minimum atomic E-state index is -1.73. The van der Waals surface area contributed by atoms with E-state index in [4.69, 9.17) is 9.47 Å². The third kappa shape index (κ3) is 3.81. The van der Waals surface area contributed by atoms with Crippen LogP contribution >= 0.6 is 0 Å². The number of benzene rings is 1. The quantitative estimate of drug-likeness (QED) is 0.756. The first-order valence-electron chi connectivity index (χ1n) is 9.79. The SMILES string of the molecule is COc1ccc(C2CN(C(=O)C(=O)[O-])CC2(C)C(C)O)cc1OC1CCCC1. The van der Waals surface area contributed by atoms with Gasteiger partial charge in [0.2, 0.25) is 0 Å². The van der Waals surface area contributed by atoms with Crippen LogP contribution in [0.4, 0.5) is 0 Å². The maximum Gasteiger partial charge on any atom is 0.269 e. The Balaban J connectivity index is 1.92. The number of carbonyl (C=O) groups excluding carboxylic acids is 2. The molecule has 0 bridgehead atoms. The molecule has 1 saturated carbocycles. The average molecular weight is 390 g/mol. The average Bonchev–Trinajstić information content (AvgIpc) is 3.29. The highest BCUT2D eigenvalue weighted by Gasteiger charge is 2.48. The summed E-state index contributed by atoms with van der Waals surface area (Å²) in [5, 5.41) is 21.5. The Kier molecular flexibility index (Phi) is 5.84. The Bertz CT molecular complexity index is 742. The monoisotopic (exact) mass is 390 g/mol. The molecule has 3 rings (SSSR count). The molecule has 1 heterocycles. The highest BCUT2D eigenvalue weighted by Crippen LogP contribution is 2.47. The molecular weight excluding hydrogens is 362 g/mol. The third-order valence-electron chi connectivity index (χ3n) is 6.33. The molecule has 0 aromatic heterocycles. The molecule has 1 aromatic carbocycles. The van der Waals surface area contributed by atoms with Crippen molar-refractivity contribution in [1.29, 1.82) is 0 Å². The lowest BCUT2D eigenvalue weighted by Gasteiger charge is -2.34. The van der Waals surface area contributed by atoms with Gasteiger partial charge in [-0.15, -0.1) is 0 Å². The topological polar surface area (TPSA) is 99.1 Å². The number of methoxy groups -OCH3 is 1. The van der Waals surface area contributed by atoms with E-state index < -0.39 is 23.4 Å². The van der Waals surface area contributed by atoms with Crippen molar-refractivity contribution >= 4 is 11.9 Å². The Labute approximate surface area is 165 Å². The molecule has 0 spiro atoms. The number of hydrogen-bond donors (Lipinski definition) is 1. The van der Waals surface area contributed by atoms with Crippen molar-refractivity contribution in [3.05, 3.63) is 23.8 Å². The first kappa shape index (κ1) is 20.5. The maximum atomic E-state index is 12.0. The molecular formula is C21H28NO6-. The predicted molar refractivity (Wildman–Crippen MR) is 100.0 cm³/mol. The number of aliphatic hydroxyl groups excluding tert-OH is 1. The molecule has 28 heavy (non-hydrogen) atoms. The van der Waals surface area contributed by atoms with Crippen LogP contribution in [0.15, 0.2) is 18.2 Å². The van der Waals surface area contributed by atoms with Crippen molar-refractivity contribution in [1.82, 2.24) is 4.90 Å². The molecule has 1 aliphatic carbocycles. The fraction of sp³-hybridized carbons (Fsp3) is 0.619. The number of nitrogens with zero attached hydrogens (tertiary/aromatic N) is 1. The minimum Gasteiger partial charge on any atom is -0.540 e. The van der Waals surface area contributed by atoms with Gasteiger partial charge in [-0.05, 0) is 50.3 Å². The standard InChI is InChI=1S/C21H29NO6/c1-13(23)21(2)12-22(19(24)20(25)26)11-16(21)14-8-9-17(27-3)18(10-14)28-15-6-4-5-7-15/h8-10,13,15-16,23H,4-7,11-12H2,1-3H3,(H,25,26)/p-1. The maximum absolute atomic E-state index is 12.0. The Hall–Kier alpha value is -2.28. The van der Waals surface area contributed by atoms with Crippen molar-refractivity contribution in [3.8, 4) is 11.5 Å². The van der Waals surface area contributed by atoms with E-state index in [1.54, 1.807) is 14.0 Å². The van der Waals surface area contributed by atoms with Crippen LogP contribution in [0.25, 0.3) is 0 Å². The van der Waals surface area contributed by atoms with Gasteiger partial charge >= 0.3 is 0 Å². The van der Waals surface area contributed by atoms with Crippen molar-refractivity contribution in [3.63, 3.8) is 0 Å². The molecule has 1 N–H and O–H groups in total. The minimum absolute atomic E-state index is 0.146. The van der Waals surface area contributed by atoms with Gasteiger partial charge in [0.25, 0.3) is 5.91 Å². The van der Waals surface area contributed by atoms with Gasteiger partial charge in [-0.1, -0.05) is 13.0 Å². The van der Waals surface area contributed by atoms with Crippen molar-refractivity contribution < 1.29 is 29.3 Å². The van der Waals surface area contributed by atoms with Crippen molar-refractivity contribution in [2.75, 3.05) is 20.2 Å². The zero-order valence-corrected chi connectivity index (χ0v) is 16.6. The van der Waals surface area contributed by atoms with E-state index >= 15 is 0 Å². The Morgan fingerprint density at radius 1 is 1.29 bits per heavy atom. The second-order valence-electron chi connectivity index (χ2n) is 8.14. The van der Waals surface area contributed by atoms with Crippen LogP contribution in [0.5, 0.6) is 11.5 Å². The summed E-state index contributed by atoms with van der Waals surface area (Å²) in [6.45, 7) is 3.88. The van der Waals surface area contributed by atoms with E-state index in [2.05, 4.69) is 0 Å². The van der Waals surface area contributed by atoms with E-state index in [-0.39, 0.29) is 25.1 Å². The zero-order chi connectivity index (χ0) is 20.5. The number of carboxylic acids is 1. The Morgan fingerprint density at radius 2 is 1.96 bits per heavy atom. The van der Waals surface area contributed by atoms with Gasteiger partial charge in [-0.3, -0.25) is 4.79 Å².